The van der Waals surface area contributed by atoms with Crippen molar-refractivity contribution >= 4 is 11.6 Å². The van der Waals surface area contributed by atoms with Gasteiger partial charge in [-0.25, -0.2) is 0 Å². The van der Waals surface area contributed by atoms with Crippen LogP contribution >= 0.6 is 0 Å². The monoisotopic (exact) mass is 276 g/mol. The van der Waals surface area contributed by atoms with E-state index in [-0.39, 0.29) is 5.91 Å². The van der Waals surface area contributed by atoms with Crippen molar-refractivity contribution in [3.05, 3.63) is 29.8 Å². The molecule has 0 spiro atoms. The van der Waals surface area contributed by atoms with E-state index in [2.05, 4.69) is 45.3 Å². The van der Waals surface area contributed by atoms with E-state index in [1.807, 2.05) is 24.3 Å². The zero-order chi connectivity index (χ0) is 15.1. The maximum absolute atomic E-state index is 12.1. The number of anilines is 1. The normalized spacial score (nSPS) is 11.2. The summed E-state index contributed by atoms with van der Waals surface area (Å²) in [6, 6.07) is 7.63. The number of hydrogen-bond donors (Lipinski definition) is 2. The maximum atomic E-state index is 12.1. The fourth-order valence-corrected chi connectivity index (χ4v) is 2.50. The average Bonchev–Trinajstić information content (AvgIpc) is 2.39. The van der Waals surface area contributed by atoms with Gasteiger partial charge in [0.05, 0.1) is 0 Å². The number of hydrogen-bond acceptors (Lipinski definition) is 2. The van der Waals surface area contributed by atoms with Crippen molar-refractivity contribution in [3.63, 3.8) is 0 Å². The van der Waals surface area contributed by atoms with E-state index >= 15 is 0 Å². The van der Waals surface area contributed by atoms with Crippen LogP contribution in [-0.2, 0) is 0 Å². The summed E-state index contributed by atoms with van der Waals surface area (Å²) in [5.41, 5.74) is 1.77. The molecule has 1 aromatic carbocycles. The van der Waals surface area contributed by atoms with Gasteiger partial charge >= 0.3 is 0 Å². The predicted molar refractivity (Wildman–Crippen MR) is 86.1 cm³/mol. The zero-order valence-corrected chi connectivity index (χ0v) is 13.4. The molecule has 0 aliphatic heterocycles. The van der Waals surface area contributed by atoms with Crippen LogP contribution in [0.2, 0.25) is 0 Å². The lowest BCUT2D eigenvalue weighted by Crippen LogP contribution is -2.33. The van der Waals surface area contributed by atoms with Crippen molar-refractivity contribution in [3.8, 4) is 0 Å². The number of carbonyl (C=O) groups excluding carboxylic acids is 1. The molecule has 0 bridgehead atoms. The first-order valence-electron chi connectivity index (χ1n) is 7.57. The quantitative estimate of drug-likeness (QED) is 0.796. The van der Waals surface area contributed by atoms with Gasteiger partial charge in [0.25, 0.3) is 5.91 Å². The van der Waals surface area contributed by atoms with Crippen molar-refractivity contribution in [1.82, 2.24) is 5.32 Å². The van der Waals surface area contributed by atoms with E-state index in [1.165, 1.54) is 0 Å². The molecule has 20 heavy (non-hydrogen) atoms. The topological polar surface area (TPSA) is 41.1 Å². The Bertz CT molecular complexity index is 402. The van der Waals surface area contributed by atoms with Crippen LogP contribution in [0.25, 0.3) is 0 Å². The van der Waals surface area contributed by atoms with Crippen molar-refractivity contribution < 1.29 is 4.79 Å². The average molecular weight is 276 g/mol. The standard InChI is InChI=1S/C17H28N2O/c1-6-18-15-9-7-14(8-10-15)17(20)19-11-16(12(2)3)13(4)5/h7-10,12-13,16,18H,6,11H2,1-5H3,(H,19,20). The predicted octanol–water partition coefficient (Wildman–Crippen LogP) is 3.78. The molecule has 1 rings (SSSR count). The van der Waals surface area contributed by atoms with Gasteiger partial charge in [0.1, 0.15) is 0 Å². The van der Waals surface area contributed by atoms with Crippen LogP contribution in [0.1, 0.15) is 45.0 Å². The third kappa shape index (κ3) is 4.87. The molecule has 0 unspecified atom stereocenters. The minimum atomic E-state index is 0.0133. The number of rotatable bonds is 7. The minimum absolute atomic E-state index is 0.0133. The second kappa shape index (κ2) is 7.93. The van der Waals surface area contributed by atoms with Crippen LogP contribution in [-0.4, -0.2) is 19.0 Å². The van der Waals surface area contributed by atoms with Crippen LogP contribution in [0.5, 0.6) is 0 Å². The summed E-state index contributed by atoms with van der Waals surface area (Å²) in [5.74, 6) is 1.68. The number of amides is 1. The molecule has 2 N–H and O–H groups in total. The van der Waals surface area contributed by atoms with Gasteiger partial charge in [0.2, 0.25) is 0 Å². The van der Waals surface area contributed by atoms with E-state index in [1.54, 1.807) is 0 Å². The van der Waals surface area contributed by atoms with Gasteiger partial charge in [0.15, 0.2) is 0 Å². The highest BCUT2D eigenvalue weighted by atomic mass is 16.1. The van der Waals surface area contributed by atoms with Crippen LogP contribution in [0, 0.1) is 17.8 Å². The molecule has 0 saturated carbocycles. The molecule has 1 aromatic rings. The third-order valence-corrected chi connectivity index (χ3v) is 3.74. The number of carbonyl (C=O) groups is 1. The van der Waals surface area contributed by atoms with E-state index in [9.17, 15) is 4.79 Å². The molecule has 0 aliphatic rings. The summed E-state index contributed by atoms with van der Waals surface area (Å²) in [4.78, 5) is 12.1. The molecule has 0 heterocycles. The van der Waals surface area contributed by atoms with E-state index in [4.69, 9.17) is 0 Å². The summed E-state index contributed by atoms with van der Waals surface area (Å²) < 4.78 is 0. The van der Waals surface area contributed by atoms with Crippen molar-refractivity contribution in [1.29, 1.82) is 0 Å². The van der Waals surface area contributed by atoms with Gasteiger partial charge in [-0.1, -0.05) is 27.7 Å². The highest BCUT2D eigenvalue weighted by Gasteiger charge is 2.18. The Morgan fingerprint density at radius 2 is 1.60 bits per heavy atom. The van der Waals surface area contributed by atoms with E-state index < -0.39 is 0 Å². The van der Waals surface area contributed by atoms with Gasteiger partial charge < -0.3 is 10.6 Å². The summed E-state index contributed by atoms with van der Waals surface area (Å²) in [7, 11) is 0. The Hall–Kier alpha value is -1.51. The second-order valence-electron chi connectivity index (χ2n) is 5.97. The van der Waals surface area contributed by atoms with Gasteiger partial charge in [-0.2, -0.15) is 0 Å². The Kier molecular flexibility index (Phi) is 6.56. The van der Waals surface area contributed by atoms with Crippen molar-refractivity contribution in [2.24, 2.45) is 17.8 Å². The fraction of sp³-hybridized carbons (Fsp3) is 0.588. The van der Waals surface area contributed by atoms with Crippen LogP contribution < -0.4 is 10.6 Å². The first kappa shape index (κ1) is 16.5. The Morgan fingerprint density at radius 3 is 2.05 bits per heavy atom. The lowest BCUT2D eigenvalue weighted by atomic mass is 9.85. The lowest BCUT2D eigenvalue weighted by molar-refractivity contribution is 0.0937. The summed E-state index contributed by atoms with van der Waals surface area (Å²) >= 11 is 0. The molecule has 3 nitrogen and oxygen atoms in total. The van der Waals surface area contributed by atoms with Gasteiger partial charge in [-0.05, 0) is 48.9 Å². The lowest BCUT2D eigenvalue weighted by Gasteiger charge is -2.25. The zero-order valence-electron chi connectivity index (χ0n) is 13.4. The molecule has 0 atom stereocenters. The van der Waals surface area contributed by atoms with Crippen molar-refractivity contribution in [2.45, 2.75) is 34.6 Å². The molecular formula is C17H28N2O. The van der Waals surface area contributed by atoms with Gasteiger partial charge in [0, 0.05) is 24.3 Å². The Balaban J connectivity index is 2.57. The molecule has 1 amide bonds. The molecule has 0 aromatic heterocycles. The highest BCUT2D eigenvalue weighted by molar-refractivity contribution is 5.94. The van der Waals surface area contributed by atoms with Gasteiger partial charge in [-0.15, -0.1) is 0 Å². The first-order chi connectivity index (χ1) is 9.45. The van der Waals surface area contributed by atoms with Gasteiger partial charge in [-0.3, -0.25) is 4.79 Å². The fourth-order valence-electron chi connectivity index (χ4n) is 2.50. The highest BCUT2D eigenvalue weighted by Crippen LogP contribution is 2.19. The smallest absolute Gasteiger partial charge is 0.251 e. The molecule has 3 heteroatoms. The molecule has 0 fully saturated rings. The van der Waals surface area contributed by atoms with E-state index in [0.29, 0.717) is 17.8 Å². The summed E-state index contributed by atoms with van der Waals surface area (Å²) in [6.07, 6.45) is 0. The SMILES string of the molecule is CCNc1ccc(C(=O)NCC(C(C)C)C(C)C)cc1. The molecule has 0 radical (unpaired) electrons. The Labute approximate surface area is 123 Å². The van der Waals surface area contributed by atoms with Crippen LogP contribution in [0.15, 0.2) is 24.3 Å². The number of benzene rings is 1. The summed E-state index contributed by atoms with van der Waals surface area (Å²) in [5, 5.41) is 6.28. The van der Waals surface area contributed by atoms with Crippen LogP contribution in [0.3, 0.4) is 0 Å². The van der Waals surface area contributed by atoms with E-state index in [0.717, 1.165) is 24.3 Å². The molecule has 0 aliphatic carbocycles. The third-order valence-electron chi connectivity index (χ3n) is 3.74. The molecular weight excluding hydrogens is 248 g/mol. The maximum Gasteiger partial charge on any atom is 0.251 e. The molecule has 112 valence electrons. The molecule has 0 saturated heterocycles. The summed E-state index contributed by atoms with van der Waals surface area (Å²) in [6.45, 7) is 12.5. The number of nitrogens with one attached hydrogen (secondary N) is 2. The van der Waals surface area contributed by atoms with Crippen molar-refractivity contribution in [2.75, 3.05) is 18.4 Å². The first-order valence-corrected chi connectivity index (χ1v) is 7.57. The second-order valence-corrected chi connectivity index (χ2v) is 5.97. The Morgan fingerprint density at radius 1 is 1.05 bits per heavy atom. The van der Waals surface area contributed by atoms with Crippen LogP contribution in [0.4, 0.5) is 5.69 Å². The largest absolute Gasteiger partial charge is 0.385 e. The minimum Gasteiger partial charge on any atom is -0.385 e.